The Balaban J connectivity index is 3.06. The molecule has 7 heteroatoms. The van der Waals surface area contributed by atoms with E-state index in [1.165, 1.54) is 6.92 Å². The molecule has 0 radical (unpaired) electrons. The molecule has 0 heterocycles. The second kappa shape index (κ2) is 5.96. The van der Waals surface area contributed by atoms with Crippen LogP contribution in [0.15, 0.2) is 28.5 Å². The minimum atomic E-state index is -1.49. The lowest BCUT2D eigenvalue weighted by Crippen LogP contribution is -2.34. The number of aliphatic carboxylic acids is 1. The van der Waals surface area contributed by atoms with Gasteiger partial charge in [-0.05, 0) is 39.3 Å². The van der Waals surface area contributed by atoms with E-state index in [0.717, 1.165) is 11.1 Å². The van der Waals surface area contributed by atoms with Crippen LogP contribution in [0.25, 0.3) is 0 Å². The fourth-order valence-electron chi connectivity index (χ4n) is 1.67. The number of nitrogens with zero attached hydrogens (tertiary/aromatic N) is 1. The molecule has 0 fully saturated rings. The fourth-order valence-corrected chi connectivity index (χ4v) is 2.29. The number of alkyl halides is 3. The van der Waals surface area contributed by atoms with E-state index in [4.69, 9.17) is 44.7 Å². The normalized spacial score (nSPS) is 26.9. The maximum Gasteiger partial charge on any atom is 0.347 e. The van der Waals surface area contributed by atoms with Gasteiger partial charge >= 0.3 is 5.97 Å². The zero-order chi connectivity index (χ0) is 15.7. The summed E-state index contributed by atoms with van der Waals surface area (Å²) in [7, 11) is 0. The lowest BCUT2D eigenvalue weighted by Gasteiger charge is -2.37. The first-order chi connectivity index (χ1) is 8.99. The van der Waals surface area contributed by atoms with Gasteiger partial charge in [-0.1, -0.05) is 51.6 Å². The van der Waals surface area contributed by atoms with Crippen LogP contribution >= 0.6 is 34.8 Å². The first-order valence-electron chi connectivity index (χ1n) is 5.91. The van der Waals surface area contributed by atoms with E-state index >= 15 is 0 Å². The monoisotopic (exact) mass is 339 g/mol. The molecular formula is C13H16Cl3NO3. The van der Waals surface area contributed by atoms with E-state index in [9.17, 15) is 4.79 Å². The SMILES string of the molecule is CC1=CC(C)(C(Cl)(Cl)Cl)C(C)=C/C1=N/OC(C)C(=O)O. The molecule has 0 bridgehead atoms. The third kappa shape index (κ3) is 3.48. The molecule has 1 aliphatic rings. The second-order valence-electron chi connectivity index (χ2n) is 4.92. The van der Waals surface area contributed by atoms with Crippen LogP contribution < -0.4 is 0 Å². The van der Waals surface area contributed by atoms with Crippen LogP contribution in [0.4, 0.5) is 0 Å². The van der Waals surface area contributed by atoms with Crippen molar-refractivity contribution >= 4 is 46.5 Å². The zero-order valence-corrected chi connectivity index (χ0v) is 13.8. The van der Waals surface area contributed by atoms with E-state index in [1.807, 2.05) is 13.8 Å². The van der Waals surface area contributed by atoms with Crippen LogP contribution in [0, 0.1) is 5.41 Å². The number of halogens is 3. The molecule has 0 spiro atoms. The highest BCUT2D eigenvalue weighted by atomic mass is 35.6. The van der Waals surface area contributed by atoms with Gasteiger partial charge in [0, 0.05) is 0 Å². The average Bonchev–Trinajstić information content (AvgIpc) is 2.30. The van der Waals surface area contributed by atoms with Crippen LogP contribution in [0.1, 0.15) is 27.7 Å². The summed E-state index contributed by atoms with van der Waals surface area (Å²) in [5.74, 6) is -1.08. The van der Waals surface area contributed by atoms with Crippen molar-refractivity contribution in [2.75, 3.05) is 0 Å². The first kappa shape index (κ1) is 17.3. The van der Waals surface area contributed by atoms with Gasteiger partial charge in [-0.3, -0.25) is 0 Å². The van der Waals surface area contributed by atoms with Gasteiger partial charge in [0.25, 0.3) is 0 Å². The minimum Gasteiger partial charge on any atom is -0.478 e. The quantitative estimate of drug-likeness (QED) is 0.621. The molecule has 4 nitrogen and oxygen atoms in total. The van der Waals surface area contributed by atoms with Crippen molar-refractivity contribution in [3.05, 3.63) is 23.3 Å². The smallest absolute Gasteiger partial charge is 0.347 e. The minimum absolute atomic E-state index is 0.516. The molecule has 2 unspecified atom stereocenters. The lowest BCUT2D eigenvalue weighted by atomic mass is 9.78. The van der Waals surface area contributed by atoms with Crippen molar-refractivity contribution in [2.45, 2.75) is 37.6 Å². The number of carboxylic acid groups (broad SMARTS) is 1. The standard InChI is InChI=1S/C13H16Cl3NO3/c1-7-6-12(4,13(14,15)16)8(2)5-10(7)17-20-9(3)11(18)19/h5-6,9H,1-4H3,(H,18,19)/b17-10-. The van der Waals surface area contributed by atoms with Gasteiger partial charge in [0.1, 0.15) is 5.71 Å². The molecule has 0 saturated carbocycles. The highest BCUT2D eigenvalue weighted by molar-refractivity contribution is 6.68. The van der Waals surface area contributed by atoms with Crippen LogP contribution in [0.5, 0.6) is 0 Å². The van der Waals surface area contributed by atoms with Crippen molar-refractivity contribution in [2.24, 2.45) is 10.6 Å². The lowest BCUT2D eigenvalue weighted by molar-refractivity contribution is -0.149. The molecule has 0 aromatic carbocycles. The second-order valence-corrected chi connectivity index (χ2v) is 7.20. The molecule has 1 N–H and O–H groups in total. The van der Waals surface area contributed by atoms with Crippen LogP contribution in [-0.2, 0) is 9.63 Å². The highest BCUT2D eigenvalue weighted by Gasteiger charge is 2.45. The van der Waals surface area contributed by atoms with E-state index in [1.54, 1.807) is 19.1 Å². The Kier molecular flexibility index (Phi) is 5.17. The third-order valence-electron chi connectivity index (χ3n) is 3.33. The van der Waals surface area contributed by atoms with Crippen molar-refractivity contribution in [3.8, 4) is 0 Å². The summed E-state index contributed by atoms with van der Waals surface area (Å²) in [6.45, 7) is 6.83. The predicted molar refractivity (Wildman–Crippen MR) is 81.5 cm³/mol. The average molecular weight is 341 g/mol. The Morgan fingerprint density at radius 3 is 2.45 bits per heavy atom. The Labute approximate surface area is 133 Å². The Morgan fingerprint density at radius 2 is 2.00 bits per heavy atom. The van der Waals surface area contributed by atoms with Gasteiger partial charge in [-0.2, -0.15) is 0 Å². The molecule has 112 valence electrons. The molecule has 0 saturated heterocycles. The summed E-state index contributed by atoms with van der Waals surface area (Å²) in [4.78, 5) is 15.6. The van der Waals surface area contributed by atoms with Crippen molar-refractivity contribution in [1.29, 1.82) is 0 Å². The first-order valence-corrected chi connectivity index (χ1v) is 7.04. The molecule has 1 rings (SSSR count). The molecule has 1 aliphatic carbocycles. The number of oxime groups is 1. The number of allylic oxidation sites excluding steroid dienone is 4. The van der Waals surface area contributed by atoms with E-state index in [-0.39, 0.29) is 0 Å². The highest BCUT2D eigenvalue weighted by Crippen LogP contribution is 2.52. The number of carboxylic acids is 1. The zero-order valence-electron chi connectivity index (χ0n) is 11.6. The van der Waals surface area contributed by atoms with Gasteiger partial charge in [0.05, 0.1) is 5.41 Å². The van der Waals surface area contributed by atoms with Gasteiger partial charge < -0.3 is 9.94 Å². The van der Waals surface area contributed by atoms with E-state index in [0.29, 0.717) is 5.71 Å². The number of carbonyl (C=O) groups is 1. The van der Waals surface area contributed by atoms with Crippen molar-refractivity contribution < 1.29 is 14.7 Å². The van der Waals surface area contributed by atoms with E-state index in [2.05, 4.69) is 5.16 Å². The van der Waals surface area contributed by atoms with Gasteiger partial charge in [-0.25, -0.2) is 4.79 Å². The van der Waals surface area contributed by atoms with Crippen LogP contribution in [0.2, 0.25) is 0 Å². The molecule has 0 aliphatic heterocycles. The molecule has 0 amide bonds. The summed E-state index contributed by atoms with van der Waals surface area (Å²) in [6, 6.07) is 0. The predicted octanol–water partition coefficient (Wildman–Crippen LogP) is 4.11. The number of rotatable bonds is 3. The van der Waals surface area contributed by atoms with Gasteiger partial charge in [0.15, 0.2) is 0 Å². The molecule has 0 aromatic rings. The Bertz CT molecular complexity index is 505. The summed E-state index contributed by atoms with van der Waals surface area (Å²) < 4.78 is -1.49. The number of hydrogen-bond donors (Lipinski definition) is 1. The Morgan fingerprint density at radius 1 is 1.45 bits per heavy atom. The topological polar surface area (TPSA) is 58.9 Å². The maximum absolute atomic E-state index is 10.7. The van der Waals surface area contributed by atoms with Gasteiger partial charge in [0.2, 0.25) is 9.90 Å². The Hall–Kier alpha value is -0.710. The third-order valence-corrected chi connectivity index (χ3v) is 4.51. The fraction of sp³-hybridized carbons (Fsp3) is 0.538. The molecule has 2 atom stereocenters. The van der Waals surface area contributed by atoms with Crippen LogP contribution in [0.3, 0.4) is 0 Å². The molecular weight excluding hydrogens is 325 g/mol. The van der Waals surface area contributed by atoms with Crippen molar-refractivity contribution in [1.82, 2.24) is 0 Å². The number of hydrogen-bond acceptors (Lipinski definition) is 3. The summed E-state index contributed by atoms with van der Waals surface area (Å²) >= 11 is 18.1. The largest absolute Gasteiger partial charge is 0.478 e. The summed E-state index contributed by atoms with van der Waals surface area (Å²) in [6.07, 6.45) is 2.50. The van der Waals surface area contributed by atoms with E-state index < -0.39 is 21.3 Å². The summed E-state index contributed by atoms with van der Waals surface area (Å²) in [5.41, 5.74) is 1.32. The van der Waals surface area contributed by atoms with Gasteiger partial charge in [-0.15, -0.1) is 0 Å². The molecule has 0 aromatic heterocycles. The molecule has 20 heavy (non-hydrogen) atoms. The van der Waals surface area contributed by atoms with Crippen LogP contribution in [-0.4, -0.2) is 26.7 Å². The summed E-state index contributed by atoms with van der Waals surface area (Å²) in [5, 5.41) is 12.6. The van der Waals surface area contributed by atoms with Crippen molar-refractivity contribution in [3.63, 3.8) is 0 Å². The maximum atomic E-state index is 10.7.